The standard InChI is InChI=1S/C14H16N2O2/c17-14(18)11-4-3-10-7-12(15-13(10)8-11)9-16-5-1-2-6-16/h3-4,7-8,15H,1-2,5-6,9H2,(H,17,18). The lowest BCUT2D eigenvalue weighted by molar-refractivity contribution is 0.0697. The number of benzene rings is 1. The number of carboxylic acid groups (broad SMARTS) is 1. The van der Waals surface area contributed by atoms with Gasteiger partial charge in [0.25, 0.3) is 0 Å². The molecule has 4 nitrogen and oxygen atoms in total. The van der Waals surface area contributed by atoms with Crippen LogP contribution in [0.4, 0.5) is 0 Å². The molecule has 2 heterocycles. The van der Waals surface area contributed by atoms with Crippen molar-refractivity contribution in [3.63, 3.8) is 0 Å². The summed E-state index contributed by atoms with van der Waals surface area (Å²) in [6, 6.07) is 7.32. The molecule has 94 valence electrons. The minimum Gasteiger partial charge on any atom is -0.478 e. The molecule has 1 saturated heterocycles. The smallest absolute Gasteiger partial charge is 0.335 e. The van der Waals surface area contributed by atoms with Gasteiger partial charge in [-0.2, -0.15) is 0 Å². The van der Waals surface area contributed by atoms with Crippen molar-refractivity contribution in [1.82, 2.24) is 9.88 Å². The van der Waals surface area contributed by atoms with E-state index in [1.54, 1.807) is 12.1 Å². The zero-order valence-corrected chi connectivity index (χ0v) is 10.1. The first-order valence-electron chi connectivity index (χ1n) is 6.30. The lowest BCUT2D eigenvalue weighted by atomic mass is 10.1. The number of aromatic amines is 1. The van der Waals surface area contributed by atoms with E-state index in [4.69, 9.17) is 5.11 Å². The zero-order valence-electron chi connectivity index (χ0n) is 10.1. The Hall–Kier alpha value is -1.81. The monoisotopic (exact) mass is 244 g/mol. The highest BCUT2D eigenvalue weighted by molar-refractivity contribution is 5.93. The van der Waals surface area contributed by atoms with E-state index < -0.39 is 5.97 Å². The number of likely N-dealkylation sites (tertiary alicyclic amines) is 1. The summed E-state index contributed by atoms with van der Waals surface area (Å²) in [4.78, 5) is 16.6. The number of H-pyrrole nitrogens is 1. The van der Waals surface area contributed by atoms with Crippen LogP contribution in [0.15, 0.2) is 24.3 Å². The number of nitrogens with one attached hydrogen (secondary N) is 1. The Kier molecular flexibility index (Phi) is 2.80. The average molecular weight is 244 g/mol. The van der Waals surface area contributed by atoms with E-state index in [9.17, 15) is 4.79 Å². The summed E-state index contributed by atoms with van der Waals surface area (Å²) in [5.74, 6) is -0.882. The SMILES string of the molecule is O=C(O)c1ccc2cc(CN3CCCC3)[nH]c2c1. The summed E-state index contributed by atoms with van der Waals surface area (Å²) in [5, 5.41) is 10.0. The van der Waals surface area contributed by atoms with Crippen molar-refractivity contribution in [3.05, 3.63) is 35.5 Å². The van der Waals surface area contributed by atoms with E-state index in [0.717, 1.165) is 36.2 Å². The second-order valence-corrected chi connectivity index (χ2v) is 4.89. The second kappa shape index (κ2) is 4.46. The number of hydrogen-bond donors (Lipinski definition) is 2. The largest absolute Gasteiger partial charge is 0.478 e. The Bertz CT molecular complexity index is 582. The van der Waals surface area contributed by atoms with E-state index in [1.165, 1.54) is 12.8 Å². The van der Waals surface area contributed by atoms with Crippen LogP contribution in [0.3, 0.4) is 0 Å². The molecule has 1 fully saturated rings. The first-order chi connectivity index (χ1) is 8.72. The van der Waals surface area contributed by atoms with Crippen LogP contribution < -0.4 is 0 Å². The van der Waals surface area contributed by atoms with Crippen LogP contribution in [0, 0.1) is 0 Å². The van der Waals surface area contributed by atoms with Crippen LogP contribution in [-0.2, 0) is 6.54 Å². The molecule has 0 bridgehead atoms. The highest BCUT2D eigenvalue weighted by Gasteiger charge is 2.13. The van der Waals surface area contributed by atoms with Gasteiger partial charge in [0.1, 0.15) is 0 Å². The fourth-order valence-electron chi connectivity index (χ4n) is 2.59. The van der Waals surface area contributed by atoms with Gasteiger partial charge in [0.05, 0.1) is 5.56 Å². The molecule has 0 atom stereocenters. The van der Waals surface area contributed by atoms with Crippen LogP contribution in [0.25, 0.3) is 10.9 Å². The van der Waals surface area contributed by atoms with Crippen LogP contribution >= 0.6 is 0 Å². The van der Waals surface area contributed by atoms with Gasteiger partial charge in [0.2, 0.25) is 0 Å². The molecule has 0 spiro atoms. The summed E-state index contributed by atoms with van der Waals surface area (Å²) in [7, 11) is 0. The highest BCUT2D eigenvalue weighted by atomic mass is 16.4. The number of aromatic carboxylic acids is 1. The maximum Gasteiger partial charge on any atom is 0.335 e. The van der Waals surface area contributed by atoms with E-state index in [-0.39, 0.29) is 0 Å². The van der Waals surface area contributed by atoms with Crippen molar-refractivity contribution in [1.29, 1.82) is 0 Å². The first-order valence-corrected chi connectivity index (χ1v) is 6.30. The predicted octanol–water partition coefficient (Wildman–Crippen LogP) is 2.46. The Balaban J connectivity index is 1.87. The van der Waals surface area contributed by atoms with Crippen LogP contribution in [0.2, 0.25) is 0 Å². The third-order valence-electron chi connectivity index (χ3n) is 3.52. The molecule has 2 N–H and O–H groups in total. The van der Waals surface area contributed by atoms with E-state index in [2.05, 4.69) is 16.0 Å². The number of carbonyl (C=O) groups is 1. The van der Waals surface area contributed by atoms with E-state index in [1.807, 2.05) is 6.07 Å². The lowest BCUT2D eigenvalue weighted by Gasteiger charge is -2.12. The number of nitrogens with zero attached hydrogens (tertiary/aromatic N) is 1. The fourth-order valence-corrected chi connectivity index (χ4v) is 2.59. The minimum absolute atomic E-state index is 0.331. The summed E-state index contributed by atoms with van der Waals surface area (Å²) < 4.78 is 0. The molecule has 0 aliphatic carbocycles. The molecule has 3 rings (SSSR count). The van der Waals surface area contributed by atoms with Gasteiger partial charge >= 0.3 is 5.97 Å². The molecule has 0 radical (unpaired) electrons. The summed E-state index contributed by atoms with van der Waals surface area (Å²) >= 11 is 0. The molecule has 2 aromatic rings. The molecule has 0 saturated carbocycles. The maximum atomic E-state index is 10.9. The van der Waals surface area contributed by atoms with Crippen LogP contribution in [0.1, 0.15) is 28.9 Å². The maximum absolute atomic E-state index is 10.9. The van der Waals surface area contributed by atoms with Crippen LogP contribution in [-0.4, -0.2) is 34.0 Å². The van der Waals surface area contributed by atoms with Gasteiger partial charge in [-0.15, -0.1) is 0 Å². The van der Waals surface area contributed by atoms with Crippen molar-refractivity contribution < 1.29 is 9.90 Å². The third-order valence-corrected chi connectivity index (χ3v) is 3.52. The van der Waals surface area contributed by atoms with Crippen molar-refractivity contribution in [3.8, 4) is 0 Å². The van der Waals surface area contributed by atoms with Crippen molar-refractivity contribution in [2.45, 2.75) is 19.4 Å². The average Bonchev–Trinajstić information content (AvgIpc) is 2.96. The molecule has 1 aromatic carbocycles. The lowest BCUT2D eigenvalue weighted by Crippen LogP contribution is -2.18. The quantitative estimate of drug-likeness (QED) is 0.872. The number of aromatic nitrogens is 1. The van der Waals surface area contributed by atoms with Crippen molar-refractivity contribution in [2.24, 2.45) is 0 Å². The number of fused-ring (bicyclic) bond motifs is 1. The minimum atomic E-state index is -0.882. The molecule has 1 aliphatic rings. The van der Waals surface area contributed by atoms with Crippen LogP contribution in [0.5, 0.6) is 0 Å². The number of carboxylic acids is 1. The molecular weight excluding hydrogens is 228 g/mol. The third kappa shape index (κ3) is 2.11. The molecule has 4 heteroatoms. The van der Waals surface area contributed by atoms with Gasteiger partial charge in [-0.3, -0.25) is 4.90 Å². The Labute approximate surface area is 105 Å². The molecular formula is C14H16N2O2. The highest BCUT2D eigenvalue weighted by Crippen LogP contribution is 2.19. The van der Waals surface area contributed by atoms with Gasteiger partial charge in [-0.1, -0.05) is 6.07 Å². The Morgan fingerprint density at radius 2 is 2.06 bits per heavy atom. The fraction of sp³-hybridized carbons (Fsp3) is 0.357. The molecule has 1 aromatic heterocycles. The van der Waals surface area contributed by atoms with Gasteiger partial charge in [-0.05, 0) is 49.5 Å². The van der Waals surface area contributed by atoms with E-state index >= 15 is 0 Å². The zero-order chi connectivity index (χ0) is 12.5. The molecule has 0 unspecified atom stereocenters. The van der Waals surface area contributed by atoms with Crippen molar-refractivity contribution in [2.75, 3.05) is 13.1 Å². The predicted molar refractivity (Wildman–Crippen MR) is 69.8 cm³/mol. The Morgan fingerprint density at radius 1 is 1.28 bits per heavy atom. The van der Waals surface area contributed by atoms with E-state index in [0.29, 0.717) is 5.56 Å². The first kappa shape index (κ1) is 11.3. The van der Waals surface area contributed by atoms with Gasteiger partial charge in [0.15, 0.2) is 0 Å². The number of rotatable bonds is 3. The summed E-state index contributed by atoms with van der Waals surface area (Å²) in [5.41, 5.74) is 2.40. The topological polar surface area (TPSA) is 56.3 Å². The molecule has 18 heavy (non-hydrogen) atoms. The van der Waals surface area contributed by atoms with Crippen molar-refractivity contribution >= 4 is 16.9 Å². The normalized spacial score (nSPS) is 16.4. The summed E-state index contributed by atoms with van der Waals surface area (Å²) in [6.07, 6.45) is 2.56. The molecule has 1 aliphatic heterocycles. The van der Waals surface area contributed by atoms with Gasteiger partial charge in [-0.25, -0.2) is 4.79 Å². The number of hydrogen-bond acceptors (Lipinski definition) is 2. The Morgan fingerprint density at radius 3 is 2.78 bits per heavy atom. The second-order valence-electron chi connectivity index (χ2n) is 4.89. The van der Waals surface area contributed by atoms with Gasteiger partial charge in [0, 0.05) is 17.8 Å². The van der Waals surface area contributed by atoms with Gasteiger partial charge < -0.3 is 10.1 Å². The summed E-state index contributed by atoms with van der Waals surface area (Å²) in [6.45, 7) is 3.25. The molecule has 0 amide bonds.